The molecule has 0 saturated carbocycles. The average molecular weight is 555 g/mol. The van der Waals surface area contributed by atoms with Crippen molar-refractivity contribution in [1.82, 2.24) is 35.1 Å². The summed E-state index contributed by atoms with van der Waals surface area (Å²) in [6.45, 7) is 0.108. The zero-order chi connectivity index (χ0) is 25.6. The Kier molecular flexibility index (Phi) is 7.87. The molecule has 188 valence electrons. The van der Waals surface area contributed by atoms with Crippen molar-refractivity contribution in [3.8, 4) is 0 Å². The van der Waals surface area contributed by atoms with E-state index in [4.69, 9.17) is 5.73 Å². The maximum absolute atomic E-state index is 13.0. The SMILES string of the molecule is NC(=O)NCCC1(C2=C(C(=O)[O-])N3C(=O)C(NC(=O)C(O)c4ccccc4)[C@@H]3SC2)Sn2nnnc21.[Na+]. The number of benzene rings is 1. The van der Waals surface area contributed by atoms with Crippen molar-refractivity contribution in [3.05, 3.63) is 53.0 Å². The standard InChI is InChI=1S/C20H20N8O6S2.Na/c21-19(34)22-7-6-20(18-24-25-26-28(18)36-20)10-8-35-16-11(15(31)27(16)12(10)17(32)33)23-14(30)13(29)9-4-2-1-3-5-9;/h1-5,11,13,16,29H,6-8H2,(H,23,30)(H,32,33)(H3,21,22,34);/q;+1/p-1/t11?,13?,16-,20?;/m0./s1. The maximum Gasteiger partial charge on any atom is 1.00 e. The number of carboxylic acids is 1. The smallest absolute Gasteiger partial charge is 0.543 e. The Balaban J connectivity index is 0.00000320. The number of carboxylic acid groups (broad SMARTS) is 1. The fourth-order valence-electron chi connectivity index (χ4n) is 4.42. The summed E-state index contributed by atoms with van der Waals surface area (Å²) in [5.74, 6) is -2.44. The normalized spacial score (nSPS) is 24.5. The molecule has 4 amide bonds. The third-order valence-corrected chi connectivity index (χ3v) is 8.78. The van der Waals surface area contributed by atoms with Gasteiger partial charge in [0.1, 0.15) is 16.2 Å². The van der Waals surface area contributed by atoms with Crippen LogP contribution in [0.25, 0.3) is 0 Å². The van der Waals surface area contributed by atoms with E-state index in [0.29, 0.717) is 17.0 Å². The van der Waals surface area contributed by atoms with E-state index in [9.17, 15) is 29.4 Å². The van der Waals surface area contributed by atoms with Gasteiger partial charge in [-0.2, -0.15) is 4.09 Å². The number of fused-ring (bicyclic) bond motifs is 2. The molecule has 4 atom stereocenters. The minimum atomic E-state index is -1.56. The van der Waals surface area contributed by atoms with Crippen LogP contribution in [-0.2, 0) is 19.1 Å². The molecule has 17 heteroatoms. The molecule has 37 heavy (non-hydrogen) atoms. The Labute approximate surface area is 240 Å². The van der Waals surface area contributed by atoms with Crippen LogP contribution in [0, 0.1) is 0 Å². The van der Waals surface area contributed by atoms with Crippen molar-refractivity contribution < 1.29 is 58.9 Å². The van der Waals surface area contributed by atoms with E-state index in [-0.39, 0.29) is 54.0 Å². The topological polar surface area (TPSA) is 208 Å². The molecule has 4 heterocycles. The number of aliphatic hydroxyl groups excluding tert-OH is 1. The number of hydrogen-bond donors (Lipinski definition) is 4. The predicted molar refractivity (Wildman–Crippen MR) is 123 cm³/mol. The van der Waals surface area contributed by atoms with Gasteiger partial charge >= 0.3 is 35.6 Å². The fraction of sp³-hybridized carbons (Fsp3) is 0.350. The van der Waals surface area contributed by atoms with Gasteiger partial charge in [0, 0.05) is 12.3 Å². The van der Waals surface area contributed by atoms with E-state index in [1.807, 2.05) is 0 Å². The molecule has 1 saturated heterocycles. The molecule has 2 aromatic rings. The minimum absolute atomic E-state index is 0. The van der Waals surface area contributed by atoms with Crippen LogP contribution in [0.5, 0.6) is 0 Å². The van der Waals surface area contributed by atoms with Crippen LogP contribution in [0.2, 0.25) is 0 Å². The van der Waals surface area contributed by atoms with E-state index in [1.54, 1.807) is 30.3 Å². The second-order valence-electron chi connectivity index (χ2n) is 8.16. The third kappa shape index (κ3) is 4.61. The summed E-state index contributed by atoms with van der Waals surface area (Å²) >= 11 is 2.41. The Morgan fingerprint density at radius 3 is 2.68 bits per heavy atom. The molecule has 0 aliphatic carbocycles. The number of thioether (sulfide) groups is 1. The van der Waals surface area contributed by atoms with Gasteiger partial charge in [0.15, 0.2) is 11.9 Å². The number of aliphatic carboxylic acids is 1. The van der Waals surface area contributed by atoms with E-state index in [1.165, 1.54) is 15.8 Å². The van der Waals surface area contributed by atoms with Gasteiger partial charge in [0.25, 0.3) is 11.8 Å². The van der Waals surface area contributed by atoms with Crippen molar-refractivity contribution in [1.29, 1.82) is 0 Å². The van der Waals surface area contributed by atoms with Crippen LogP contribution in [-0.4, -0.2) is 77.1 Å². The largest absolute Gasteiger partial charge is 1.00 e. The number of rotatable bonds is 8. The number of carbonyl (C=O) groups excluding carboxylic acids is 4. The van der Waals surface area contributed by atoms with Gasteiger partial charge in [-0.3, -0.25) is 14.5 Å². The summed E-state index contributed by atoms with van der Waals surface area (Å²) in [5, 5.41) is 38.4. The Morgan fingerprint density at radius 1 is 1.30 bits per heavy atom. The van der Waals surface area contributed by atoms with Crippen LogP contribution in [0.15, 0.2) is 41.6 Å². The Morgan fingerprint density at radius 2 is 2.03 bits per heavy atom. The van der Waals surface area contributed by atoms with Gasteiger partial charge in [-0.25, -0.2) is 4.79 Å². The molecule has 1 aromatic heterocycles. The summed E-state index contributed by atoms with van der Waals surface area (Å²) < 4.78 is 0.393. The first kappa shape index (κ1) is 27.4. The number of nitrogens with two attached hydrogens (primary N) is 1. The minimum Gasteiger partial charge on any atom is -0.543 e. The molecule has 3 aliphatic rings. The van der Waals surface area contributed by atoms with Gasteiger partial charge in [-0.15, -0.1) is 16.9 Å². The van der Waals surface area contributed by atoms with Gasteiger partial charge in [-0.1, -0.05) is 30.3 Å². The van der Waals surface area contributed by atoms with Crippen LogP contribution >= 0.6 is 23.7 Å². The quantitative estimate of drug-likeness (QED) is 0.179. The van der Waals surface area contributed by atoms with Crippen molar-refractivity contribution in [2.45, 2.75) is 28.7 Å². The first-order valence-electron chi connectivity index (χ1n) is 10.7. The van der Waals surface area contributed by atoms with E-state index >= 15 is 0 Å². The van der Waals surface area contributed by atoms with Gasteiger partial charge in [0.05, 0.1) is 11.7 Å². The molecule has 1 aromatic carbocycles. The summed E-state index contributed by atoms with van der Waals surface area (Å²) in [7, 11) is 0. The van der Waals surface area contributed by atoms with E-state index in [2.05, 4.69) is 26.2 Å². The van der Waals surface area contributed by atoms with Crippen molar-refractivity contribution in [2.75, 3.05) is 12.3 Å². The number of nitrogens with zero attached hydrogens (tertiary/aromatic N) is 5. The van der Waals surface area contributed by atoms with Gasteiger partial charge in [0.2, 0.25) is 0 Å². The number of primary amides is 1. The van der Waals surface area contributed by atoms with Crippen LogP contribution < -0.4 is 51.0 Å². The van der Waals surface area contributed by atoms with Gasteiger partial charge < -0.3 is 31.4 Å². The second kappa shape index (κ2) is 10.6. The van der Waals surface area contributed by atoms with Crippen LogP contribution in [0.3, 0.4) is 0 Å². The number of hydrogen-bond acceptors (Lipinski definition) is 11. The molecule has 1 fully saturated rings. The van der Waals surface area contributed by atoms with Crippen molar-refractivity contribution in [3.63, 3.8) is 0 Å². The summed E-state index contributed by atoms with van der Waals surface area (Å²) in [4.78, 5) is 50.2. The fourth-order valence-corrected chi connectivity index (χ4v) is 7.16. The molecular formula is C20H19N8NaO6S2. The summed E-state index contributed by atoms with van der Waals surface area (Å²) in [6.07, 6.45) is -1.27. The van der Waals surface area contributed by atoms with E-state index < -0.39 is 46.1 Å². The molecule has 0 radical (unpaired) electrons. The van der Waals surface area contributed by atoms with E-state index in [0.717, 1.165) is 16.8 Å². The summed E-state index contributed by atoms with van der Waals surface area (Å²) in [6, 6.07) is 6.46. The van der Waals surface area contributed by atoms with Crippen molar-refractivity contribution in [2.24, 2.45) is 5.73 Å². The Bertz CT molecular complexity index is 1290. The average Bonchev–Trinajstić information content (AvgIpc) is 3.25. The number of β-lactam (4-membered cyclic amide) rings is 1. The number of aliphatic hydroxyl groups is 1. The monoisotopic (exact) mass is 554 g/mol. The maximum atomic E-state index is 13.0. The third-order valence-electron chi connectivity index (χ3n) is 6.13. The number of nitrogens with one attached hydrogen (secondary N) is 2. The van der Waals surface area contributed by atoms with Crippen molar-refractivity contribution >= 4 is 47.5 Å². The molecule has 5 N–H and O–H groups in total. The Hall–Kier alpha value is -2.63. The first-order valence-corrected chi connectivity index (χ1v) is 12.5. The molecule has 14 nitrogen and oxygen atoms in total. The summed E-state index contributed by atoms with van der Waals surface area (Å²) in [5.41, 5.74) is 5.55. The number of urea groups is 1. The number of tetrazole rings is 1. The number of amides is 4. The number of aromatic nitrogens is 4. The molecular weight excluding hydrogens is 535 g/mol. The van der Waals surface area contributed by atoms with Gasteiger partial charge in [-0.05, 0) is 39.9 Å². The zero-order valence-corrected chi connectivity index (χ0v) is 23.0. The molecule has 3 unspecified atom stereocenters. The first-order chi connectivity index (χ1) is 17.2. The molecule has 0 bridgehead atoms. The molecule has 3 aliphatic heterocycles. The second-order valence-corrected chi connectivity index (χ2v) is 10.5. The zero-order valence-electron chi connectivity index (χ0n) is 19.4. The molecule has 0 spiro atoms. The van der Waals surface area contributed by atoms with Crippen LogP contribution in [0.4, 0.5) is 4.79 Å². The predicted octanol–water partition coefficient (Wildman–Crippen LogP) is -5.42. The number of carbonyl (C=O) groups is 4. The van der Waals surface area contributed by atoms with Crippen LogP contribution in [0.1, 0.15) is 23.9 Å². The molecule has 5 rings (SSSR count).